The van der Waals surface area contributed by atoms with Gasteiger partial charge in [0.1, 0.15) is 11.4 Å². The third kappa shape index (κ3) is 2.76. The zero-order chi connectivity index (χ0) is 16.7. The number of rotatable bonds is 2. The van der Waals surface area contributed by atoms with E-state index in [9.17, 15) is 4.79 Å². The molecule has 2 aliphatic heterocycles. The largest absolute Gasteiger partial charge is 0.497 e. The van der Waals surface area contributed by atoms with Crippen molar-refractivity contribution in [3.8, 4) is 5.75 Å². The highest BCUT2D eigenvalue weighted by Gasteiger charge is 2.35. The highest BCUT2D eigenvalue weighted by atomic mass is 16.5. The third-order valence-corrected chi connectivity index (χ3v) is 4.97. The summed E-state index contributed by atoms with van der Waals surface area (Å²) >= 11 is 0. The summed E-state index contributed by atoms with van der Waals surface area (Å²) in [5, 5.41) is 0.990. The minimum atomic E-state index is 0.0565. The molecule has 2 aromatic rings. The Hall–Kier alpha value is -2.05. The third-order valence-electron chi connectivity index (χ3n) is 4.97. The lowest BCUT2D eigenvalue weighted by molar-refractivity contribution is 0.0481. The minimum Gasteiger partial charge on any atom is -0.497 e. The van der Waals surface area contributed by atoms with E-state index in [2.05, 4.69) is 16.9 Å². The highest BCUT2D eigenvalue weighted by molar-refractivity contribution is 5.98. The van der Waals surface area contributed by atoms with Crippen LogP contribution in [0.4, 0.5) is 0 Å². The maximum atomic E-state index is 13.1. The summed E-state index contributed by atoms with van der Waals surface area (Å²) in [7, 11) is 3.77. The fraction of sp³-hybridized carbons (Fsp3) is 0.500. The van der Waals surface area contributed by atoms with E-state index >= 15 is 0 Å². The van der Waals surface area contributed by atoms with E-state index < -0.39 is 0 Å². The molecule has 2 bridgehead atoms. The molecular formula is C18H23N3O3. The first kappa shape index (κ1) is 15.5. The number of carbonyl (C=O) groups is 1. The average Bonchev–Trinajstić information content (AvgIpc) is 2.80. The smallest absolute Gasteiger partial charge is 0.270 e. The van der Waals surface area contributed by atoms with Gasteiger partial charge in [-0.25, -0.2) is 0 Å². The van der Waals surface area contributed by atoms with Crippen LogP contribution in [0.15, 0.2) is 24.3 Å². The van der Waals surface area contributed by atoms with E-state index in [1.807, 2.05) is 29.2 Å². The first-order valence-corrected chi connectivity index (χ1v) is 8.38. The Morgan fingerprint density at radius 3 is 2.96 bits per heavy atom. The molecule has 2 atom stereocenters. The summed E-state index contributed by atoms with van der Waals surface area (Å²) in [5.41, 5.74) is 1.58. The maximum Gasteiger partial charge on any atom is 0.270 e. The summed E-state index contributed by atoms with van der Waals surface area (Å²) in [6.45, 7) is 3.93. The van der Waals surface area contributed by atoms with Gasteiger partial charge in [-0.2, -0.15) is 0 Å². The lowest BCUT2D eigenvalue weighted by Crippen LogP contribution is -2.46. The van der Waals surface area contributed by atoms with Crippen molar-refractivity contribution in [3.05, 3.63) is 30.0 Å². The van der Waals surface area contributed by atoms with Gasteiger partial charge in [0.2, 0.25) is 0 Å². The van der Waals surface area contributed by atoms with Gasteiger partial charge in [0, 0.05) is 36.5 Å². The second-order valence-corrected chi connectivity index (χ2v) is 6.87. The van der Waals surface area contributed by atoms with Crippen LogP contribution in [0.3, 0.4) is 0 Å². The molecule has 3 heterocycles. The van der Waals surface area contributed by atoms with Crippen LogP contribution in [0.1, 0.15) is 10.5 Å². The molecule has 0 unspecified atom stereocenters. The molecule has 6 heteroatoms. The van der Waals surface area contributed by atoms with Gasteiger partial charge in [0.25, 0.3) is 5.91 Å². The van der Waals surface area contributed by atoms with Crippen molar-refractivity contribution in [1.29, 1.82) is 0 Å². The Balaban J connectivity index is 1.65. The zero-order valence-corrected chi connectivity index (χ0v) is 14.1. The van der Waals surface area contributed by atoms with Crippen molar-refractivity contribution in [2.75, 3.05) is 47.0 Å². The Morgan fingerprint density at radius 1 is 1.25 bits per heavy atom. The van der Waals surface area contributed by atoms with Crippen molar-refractivity contribution in [2.45, 2.75) is 6.04 Å². The molecule has 2 aliphatic rings. The molecular weight excluding hydrogens is 306 g/mol. The lowest BCUT2D eigenvalue weighted by Gasteiger charge is -2.29. The molecule has 2 saturated heterocycles. The molecule has 0 aliphatic carbocycles. The molecule has 6 nitrogen and oxygen atoms in total. The fourth-order valence-corrected chi connectivity index (χ4v) is 3.83. The number of hydrogen-bond acceptors (Lipinski definition) is 4. The summed E-state index contributed by atoms with van der Waals surface area (Å²) in [6.07, 6.45) is 0. The second kappa shape index (κ2) is 6.11. The van der Waals surface area contributed by atoms with Crippen LogP contribution in [0.25, 0.3) is 10.9 Å². The van der Waals surface area contributed by atoms with Gasteiger partial charge in [-0.15, -0.1) is 0 Å². The molecule has 128 valence electrons. The molecule has 0 saturated carbocycles. The van der Waals surface area contributed by atoms with Crippen molar-refractivity contribution in [1.82, 2.24) is 14.8 Å². The lowest BCUT2D eigenvalue weighted by atomic mass is 10.1. The van der Waals surface area contributed by atoms with E-state index in [4.69, 9.17) is 9.47 Å². The Morgan fingerprint density at radius 2 is 2.12 bits per heavy atom. The number of carbonyl (C=O) groups excluding carboxylic acids is 1. The highest BCUT2D eigenvalue weighted by Crippen LogP contribution is 2.25. The predicted octanol–water partition coefficient (Wildman–Crippen LogP) is 1.58. The normalized spacial score (nSPS) is 24.8. The van der Waals surface area contributed by atoms with Gasteiger partial charge in [0.15, 0.2) is 0 Å². The fourth-order valence-electron chi connectivity index (χ4n) is 3.83. The number of aromatic amines is 1. The van der Waals surface area contributed by atoms with Crippen molar-refractivity contribution in [3.63, 3.8) is 0 Å². The number of fused-ring (bicyclic) bond motifs is 4. The van der Waals surface area contributed by atoms with Crippen LogP contribution in [0, 0.1) is 5.92 Å². The van der Waals surface area contributed by atoms with Crippen LogP contribution in [-0.2, 0) is 4.74 Å². The molecule has 2 fully saturated rings. The molecule has 4 rings (SSSR count). The first-order chi connectivity index (χ1) is 11.6. The second-order valence-electron chi connectivity index (χ2n) is 6.87. The van der Waals surface area contributed by atoms with Crippen LogP contribution >= 0.6 is 0 Å². The Bertz CT molecular complexity index is 757. The number of nitrogens with one attached hydrogen (secondary N) is 1. The van der Waals surface area contributed by atoms with Gasteiger partial charge in [-0.05, 0) is 31.3 Å². The molecule has 1 amide bonds. The monoisotopic (exact) mass is 329 g/mol. The van der Waals surface area contributed by atoms with Crippen molar-refractivity contribution < 1.29 is 14.3 Å². The predicted molar refractivity (Wildman–Crippen MR) is 91.5 cm³/mol. The number of ether oxygens (including phenoxy) is 2. The first-order valence-electron chi connectivity index (χ1n) is 8.38. The van der Waals surface area contributed by atoms with Crippen LogP contribution in [-0.4, -0.2) is 73.7 Å². The summed E-state index contributed by atoms with van der Waals surface area (Å²) in [6, 6.07) is 7.81. The number of amides is 1. The van der Waals surface area contributed by atoms with E-state index in [1.165, 1.54) is 0 Å². The number of nitrogens with zero attached hydrogens (tertiary/aromatic N) is 2. The van der Waals surface area contributed by atoms with E-state index in [0.29, 0.717) is 18.2 Å². The number of methoxy groups -OCH3 is 1. The topological polar surface area (TPSA) is 57.8 Å². The molecule has 0 radical (unpaired) electrons. The summed E-state index contributed by atoms with van der Waals surface area (Å²) < 4.78 is 11.0. The van der Waals surface area contributed by atoms with Gasteiger partial charge in [-0.1, -0.05) is 0 Å². The van der Waals surface area contributed by atoms with Gasteiger partial charge in [0.05, 0.1) is 26.4 Å². The molecule has 24 heavy (non-hydrogen) atoms. The van der Waals surface area contributed by atoms with Gasteiger partial charge >= 0.3 is 0 Å². The molecule has 1 N–H and O–H groups in total. The molecule has 0 spiro atoms. The standard InChI is InChI=1S/C18H23N3O3/c1-20-7-12-8-21(14(9-20)11-24-10-12)18(22)17-6-13-5-15(23-2)3-4-16(13)19-17/h3-6,12,14,19H,7-11H2,1-2H3/t12-,14-/m0/s1. The zero-order valence-electron chi connectivity index (χ0n) is 14.1. The Labute approximate surface area is 141 Å². The summed E-state index contributed by atoms with van der Waals surface area (Å²) in [5.74, 6) is 1.22. The van der Waals surface area contributed by atoms with Crippen molar-refractivity contribution >= 4 is 16.8 Å². The SMILES string of the molecule is COc1ccc2[nH]c(C(=O)N3C[C@H]4COC[C@@H]3CN(C)C4)cc2c1. The van der Waals surface area contributed by atoms with Crippen molar-refractivity contribution in [2.24, 2.45) is 5.92 Å². The van der Waals surface area contributed by atoms with E-state index in [0.717, 1.165) is 42.9 Å². The minimum absolute atomic E-state index is 0.0565. The quantitative estimate of drug-likeness (QED) is 0.909. The Kier molecular flexibility index (Phi) is 3.94. The number of benzene rings is 1. The number of aromatic nitrogens is 1. The number of likely N-dealkylation sites (N-methyl/N-ethyl adjacent to an activating group) is 1. The van der Waals surface area contributed by atoms with Crippen LogP contribution in [0.5, 0.6) is 5.75 Å². The average molecular weight is 329 g/mol. The van der Waals surface area contributed by atoms with Crippen LogP contribution in [0.2, 0.25) is 0 Å². The molecule has 1 aromatic heterocycles. The van der Waals surface area contributed by atoms with E-state index in [1.54, 1.807) is 7.11 Å². The number of hydrogen-bond donors (Lipinski definition) is 1. The summed E-state index contributed by atoms with van der Waals surface area (Å²) in [4.78, 5) is 20.7. The molecule has 1 aromatic carbocycles. The number of H-pyrrole nitrogens is 1. The van der Waals surface area contributed by atoms with Gasteiger partial charge in [-0.3, -0.25) is 4.79 Å². The maximum absolute atomic E-state index is 13.1. The van der Waals surface area contributed by atoms with Gasteiger partial charge < -0.3 is 24.3 Å². The van der Waals surface area contributed by atoms with E-state index in [-0.39, 0.29) is 11.9 Å². The van der Waals surface area contributed by atoms with Crippen LogP contribution < -0.4 is 4.74 Å².